The summed E-state index contributed by atoms with van der Waals surface area (Å²) in [4.78, 5) is 34.5. The number of rotatable bonds is 12. The minimum Gasteiger partial charge on any atom is -0.493 e. The molecule has 1 aromatic heterocycles. The number of piperidine rings is 2. The Morgan fingerprint density at radius 3 is 2.47 bits per heavy atom. The number of pyridine rings is 1. The molecule has 0 N–H and O–H groups in total. The van der Waals surface area contributed by atoms with Gasteiger partial charge in [0.05, 0.1) is 41.3 Å². The highest BCUT2D eigenvalue weighted by Gasteiger charge is 2.45. The standard InChI is InChI=1S/C33H42F3N4O6P/c1-4-9-28-24(10-7-17-40(28)31(42)25-22-38-16-13-26(25)33(34,35)36)30(41)39-18-14-32(23-37,15-19-39)27-11-5-6-12-29(27)46-20-8-21-47(43,44-2)45-3/h5-6,11-13,16,22,24,28H,4,7-10,14-15,17-21H2,1-3H3. The van der Waals surface area contributed by atoms with Crippen LogP contribution in [0.3, 0.4) is 0 Å². The quantitative estimate of drug-likeness (QED) is 0.185. The van der Waals surface area contributed by atoms with Crippen LogP contribution < -0.4 is 4.74 Å². The molecule has 256 valence electrons. The summed E-state index contributed by atoms with van der Waals surface area (Å²) in [5.74, 6) is -0.956. The summed E-state index contributed by atoms with van der Waals surface area (Å²) >= 11 is 0. The first-order chi connectivity index (χ1) is 22.4. The summed E-state index contributed by atoms with van der Waals surface area (Å²) in [6.07, 6.45) is 0.647. The van der Waals surface area contributed by atoms with Crippen molar-refractivity contribution in [2.75, 3.05) is 46.6 Å². The largest absolute Gasteiger partial charge is 0.493 e. The van der Waals surface area contributed by atoms with Gasteiger partial charge in [0.15, 0.2) is 0 Å². The Kier molecular flexibility index (Phi) is 12.1. The fraction of sp³-hybridized carbons (Fsp3) is 0.576. The van der Waals surface area contributed by atoms with Gasteiger partial charge in [-0.25, -0.2) is 0 Å². The fourth-order valence-electron chi connectivity index (χ4n) is 6.69. The van der Waals surface area contributed by atoms with E-state index in [0.29, 0.717) is 69.3 Å². The molecule has 10 nitrogen and oxygen atoms in total. The number of benzene rings is 1. The normalized spacial score (nSPS) is 20.0. The van der Waals surface area contributed by atoms with Gasteiger partial charge in [0, 0.05) is 57.9 Å². The molecule has 2 aromatic rings. The molecule has 0 saturated carbocycles. The van der Waals surface area contributed by atoms with Crippen molar-refractivity contribution in [3.63, 3.8) is 0 Å². The predicted molar refractivity (Wildman–Crippen MR) is 168 cm³/mol. The lowest BCUT2D eigenvalue weighted by Crippen LogP contribution is -2.55. The van der Waals surface area contributed by atoms with E-state index in [1.54, 1.807) is 11.0 Å². The average molecular weight is 679 g/mol. The van der Waals surface area contributed by atoms with E-state index >= 15 is 0 Å². The van der Waals surface area contributed by atoms with E-state index in [1.807, 2.05) is 25.1 Å². The van der Waals surface area contributed by atoms with Gasteiger partial charge in [0.2, 0.25) is 5.91 Å². The summed E-state index contributed by atoms with van der Waals surface area (Å²) in [5, 5.41) is 10.4. The Morgan fingerprint density at radius 1 is 1.13 bits per heavy atom. The summed E-state index contributed by atoms with van der Waals surface area (Å²) in [6, 6.07) is 10.00. The van der Waals surface area contributed by atoms with Crippen LogP contribution in [0.15, 0.2) is 42.7 Å². The second-order valence-corrected chi connectivity index (χ2v) is 14.3. The van der Waals surface area contributed by atoms with Gasteiger partial charge in [-0.05, 0) is 50.7 Å². The molecular weight excluding hydrogens is 636 g/mol. The van der Waals surface area contributed by atoms with Crippen molar-refractivity contribution in [2.45, 2.75) is 69.5 Å². The minimum atomic E-state index is -4.72. The fourth-order valence-corrected chi connectivity index (χ4v) is 7.72. The van der Waals surface area contributed by atoms with E-state index in [9.17, 15) is 32.6 Å². The molecule has 3 heterocycles. The maximum Gasteiger partial charge on any atom is 0.417 e. The molecule has 2 atom stereocenters. The first-order valence-corrected chi connectivity index (χ1v) is 17.6. The zero-order valence-electron chi connectivity index (χ0n) is 27.0. The summed E-state index contributed by atoms with van der Waals surface area (Å²) in [6.45, 7) is 3.01. The molecule has 14 heteroatoms. The van der Waals surface area contributed by atoms with E-state index in [-0.39, 0.29) is 25.2 Å². The first-order valence-electron chi connectivity index (χ1n) is 15.9. The van der Waals surface area contributed by atoms with Crippen LogP contribution in [0.1, 0.15) is 73.4 Å². The number of para-hydroxylation sites is 1. The van der Waals surface area contributed by atoms with Gasteiger partial charge in [-0.1, -0.05) is 31.5 Å². The molecule has 2 saturated heterocycles. The lowest BCUT2D eigenvalue weighted by Gasteiger charge is -2.44. The molecule has 2 unspecified atom stereocenters. The molecule has 0 bridgehead atoms. The average Bonchev–Trinajstić information content (AvgIpc) is 3.09. The van der Waals surface area contributed by atoms with Crippen LogP contribution in [-0.2, 0) is 30.0 Å². The summed E-state index contributed by atoms with van der Waals surface area (Å²) < 4.78 is 69.6. The smallest absolute Gasteiger partial charge is 0.417 e. The van der Waals surface area contributed by atoms with E-state index in [0.717, 1.165) is 18.5 Å². The minimum absolute atomic E-state index is 0.153. The summed E-state index contributed by atoms with van der Waals surface area (Å²) in [7, 11) is -0.509. The van der Waals surface area contributed by atoms with Crippen LogP contribution in [0, 0.1) is 17.2 Å². The lowest BCUT2D eigenvalue weighted by atomic mass is 9.73. The van der Waals surface area contributed by atoms with Gasteiger partial charge in [0.25, 0.3) is 5.91 Å². The highest BCUT2D eigenvalue weighted by Crippen LogP contribution is 2.47. The van der Waals surface area contributed by atoms with Crippen LogP contribution in [0.25, 0.3) is 0 Å². The number of aromatic nitrogens is 1. The number of carbonyl (C=O) groups excluding carboxylic acids is 2. The summed E-state index contributed by atoms with van der Waals surface area (Å²) in [5.41, 5.74) is -1.75. The van der Waals surface area contributed by atoms with Gasteiger partial charge < -0.3 is 23.6 Å². The van der Waals surface area contributed by atoms with Crippen molar-refractivity contribution in [2.24, 2.45) is 5.92 Å². The van der Waals surface area contributed by atoms with Crippen LogP contribution in [0.2, 0.25) is 0 Å². The number of likely N-dealkylation sites (tertiary alicyclic amines) is 2. The van der Waals surface area contributed by atoms with Gasteiger partial charge in [0.1, 0.15) is 5.75 Å². The number of nitriles is 1. The maximum absolute atomic E-state index is 14.0. The molecule has 2 aliphatic heterocycles. The van der Waals surface area contributed by atoms with Crippen molar-refractivity contribution in [1.82, 2.24) is 14.8 Å². The Balaban J connectivity index is 1.47. The lowest BCUT2D eigenvalue weighted by molar-refractivity contribution is -0.141. The Bertz CT molecular complexity index is 1480. The Morgan fingerprint density at radius 2 is 1.83 bits per heavy atom. The van der Waals surface area contributed by atoms with Gasteiger partial charge in [-0.15, -0.1) is 0 Å². The second-order valence-electron chi connectivity index (χ2n) is 11.9. The maximum atomic E-state index is 14.0. The number of hydrogen-bond donors (Lipinski definition) is 0. The van der Waals surface area contributed by atoms with E-state index in [2.05, 4.69) is 11.1 Å². The highest BCUT2D eigenvalue weighted by molar-refractivity contribution is 7.53. The van der Waals surface area contributed by atoms with E-state index in [1.165, 1.54) is 19.1 Å². The number of carbonyl (C=O) groups is 2. The van der Waals surface area contributed by atoms with Crippen molar-refractivity contribution in [3.8, 4) is 11.8 Å². The molecule has 1 aromatic carbocycles. The third-order valence-corrected chi connectivity index (χ3v) is 11.2. The topological polar surface area (TPSA) is 122 Å². The number of amides is 2. The molecular formula is C33H42F3N4O6P. The molecule has 2 fully saturated rings. The molecule has 0 spiro atoms. The van der Waals surface area contributed by atoms with Crippen molar-refractivity contribution < 1.29 is 41.1 Å². The van der Waals surface area contributed by atoms with E-state index < -0.39 is 48.2 Å². The number of halogens is 3. The number of alkyl halides is 3. The van der Waals surface area contributed by atoms with Gasteiger partial charge in [-0.3, -0.25) is 19.1 Å². The van der Waals surface area contributed by atoms with Crippen LogP contribution in [0.4, 0.5) is 13.2 Å². The van der Waals surface area contributed by atoms with Crippen LogP contribution in [-0.4, -0.2) is 79.3 Å². The molecule has 2 aliphatic rings. The van der Waals surface area contributed by atoms with Crippen LogP contribution >= 0.6 is 7.60 Å². The predicted octanol–water partition coefficient (Wildman–Crippen LogP) is 6.46. The zero-order chi connectivity index (χ0) is 34.2. The third kappa shape index (κ3) is 8.16. The molecule has 0 radical (unpaired) electrons. The SMILES string of the molecule is CCCC1C(C(=O)N2CCC(C#N)(c3ccccc3OCCCP(=O)(OC)OC)CC2)CCCN1C(=O)c1cnccc1C(F)(F)F. The first kappa shape index (κ1) is 36.4. The third-order valence-electron chi connectivity index (χ3n) is 9.23. The van der Waals surface area contributed by atoms with Gasteiger partial charge >= 0.3 is 13.8 Å². The molecule has 0 aliphatic carbocycles. The van der Waals surface area contributed by atoms with Crippen molar-refractivity contribution >= 4 is 19.4 Å². The van der Waals surface area contributed by atoms with Gasteiger partial charge in [-0.2, -0.15) is 18.4 Å². The molecule has 47 heavy (non-hydrogen) atoms. The number of ether oxygens (including phenoxy) is 1. The Labute approximate surface area is 273 Å². The molecule has 2 amide bonds. The number of hydrogen-bond acceptors (Lipinski definition) is 8. The second kappa shape index (κ2) is 15.6. The Hall–Kier alpha value is -3.46. The van der Waals surface area contributed by atoms with E-state index in [4.69, 9.17) is 13.8 Å². The molecule has 4 rings (SSSR count). The zero-order valence-corrected chi connectivity index (χ0v) is 27.9. The van der Waals surface area contributed by atoms with Crippen LogP contribution in [0.5, 0.6) is 5.75 Å². The van der Waals surface area contributed by atoms with Crippen molar-refractivity contribution in [1.29, 1.82) is 5.26 Å². The number of nitrogens with zero attached hydrogens (tertiary/aromatic N) is 4. The highest BCUT2D eigenvalue weighted by atomic mass is 31.2. The monoisotopic (exact) mass is 678 g/mol. The van der Waals surface area contributed by atoms with Crippen molar-refractivity contribution in [3.05, 3.63) is 59.4 Å².